The van der Waals surface area contributed by atoms with E-state index < -0.39 is 0 Å². The minimum Gasteiger partial charge on any atom is -0.325 e. The van der Waals surface area contributed by atoms with Gasteiger partial charge in [-0.1, -0.05) is 23.7 Å². The Labute approximate surface area is 167 Å². The zero-order valence-corrected chi connectivity index (χ0v) is 16.0. The van der Waals surface area contributed by atoms with E-state index in [1.165, 1.54) is 0 Å². The van der Waals surface area contributed by atoms with Crippen molar-refractivity contribution in [2.45, 2.75) is 12.3 Å². The highest BCUT2D eigenvalue weighted by atomic mass is 35.5. The van der Waals surface area contributed by atoms with E-state index in [0.29, 0.717) is 22.0 Å². The van der Waals surface area contributed by atoms with Crippen molar-refractivity contribution in [3.05, 3.63) is 77.1 Å². The number of nitrogens with zero attached hydrogens (tertiary/aromatic N) is 2. The third kappa shape index (κ3) is 3.92. The van der Waals surface area contributed by atoms with E-state index >= 15 is 0 Å². The molecule has 1 aromatic heterocycles. The van der Waals surface area contributed by atoms with Gasteiger partial charge in [0.1, 0.15) is 0 Å². The Morgan fingerprint density at radius 2 is 1.86 bits per heavy atom. The van der Waals surface area contributed by atoms with Crippen molar-refractivity contribution in [2.24, 2.45) is 13.0 Å². The number of para-hydroxylation sites is 1. The molecule has 2 N–H and O–H groups in total. The number of aryl methyl sites for hydroxylation is 1. The number of benzene rings is 2. The quantitative estimate of drug-likeness (QED) is 0.684. The monoisotopic (exact) mass is 394 g/mol. The first-order valence-corrected chi connectivity index (χ1v) is 9.34. The fourth-order valence-electron chi connectivity index (χ4n) is 3.23. The molecule has 3 aromatic rings. The van der Waals surface area contributed by atoms with Crippen LogP contribution in [0.5, 0.6) is 0 Å². The molecule has 1 aliphatic rings. The second-order valence-corrected chi connectivity index (χ2v) is 7.33. The standard InChI is InChI=1S/C21H19ClN4O2/c1-26-12-13(11-23-26)17-10-18(17)21(28)25-19-5-3-2-4-16(19)20(27)24-15-8-6-14(22)7-9-15/h2-9,11-12,17-18H,10H2,1H3,(H,24,27)(H,25,28). The number of amides is 2. The van der Waals surface area contributed by atoms with Gasteiger partial charge in [-0.3, -0.25) is 14.3 Å². The van der Waals surface area contributed by atoms with Crippen molar-refractivity contribution in [2.75, 3.05) is 10.6 Å². The van der Waals surface area contributed by atoms with Gasteiger partial charge in [0.05, 0.1) is 17.4 Å². The molecule has 2 unspecified atom stereocenters. The maximum Gasteiger partial charge on any atom is 0.257 e. The van der Waals surface area contributed by atoms with E-state index in [9.17, 15) is 9.59 Å². The lowest BCUT2D eigenvalue weighted by Crippen LogP contribution is -2.19. The van der Waals surface area contributed by atoms with Crippen molar-refractivity contribution >= 4 is 34.8 Å². The molecule has 0 spiro atoms. The lowest BCUT2D eigenvalue weighted by molar-refractivity contribution is -0.117. The number of aromatic nitrogens is 2. The van der Waals surface area contributed by atoms with Crippen LogP contribution in [0.15, 0.2) is 60.9 Å². The van der Waals surface area contributed by atoms with Crippen LogP contribution < -0.4 is 10.6 Å². The van der Waals surface area contributed by atoms with E-state index in [2.05, 4.69) is 15.7 Å². The van der Waals surface area contributed by atoms with E-state index in [4.69, 9.17) is 11.6 Å². The highest BCUT2D eigenvalue weighted by Crippen LogP contribution is 2.47. The summed E-state index contributed by atoms with van der Waals surface area (Å²) in [7, 11) is 1.86. The van der Waals surface area contributed by atoms with Crippen LogP contribution in [0.2, 0.25) is 5.02 Å². The Morgan fingerprint density at radius 1 is 1.11 bits per heavy atom. The maximum atomic E-state index is 12.7. The van der Waals surface area contributed by atoms with Gasteiger partial charge in [-0.05, 0) is 54.3 Å². The number of hydrogen-bond acceptors (Lipinski definition) is 3. The zero-order valence-electron chi connectivity index (χ0n) is 15.2. The number of halogens is 1. The van der Waals surface area contributed by atoms with E-state index in [1.54, 1.807) is 59.4 Å². The lowest BCUT2D eigenvalue weighted by atomic mass is 10.1. The Bertz CT molecular complexity index is 1030. The first kappa shape index (κ1) is 18.3. The summed E-state index contributed by atoms with van der Waals surface area (Å²) in [6.07, 6.45) is 4.52. The summed E-state index contributed by atoms with van der Waals surface area (Å²) in [5, 5.41) is 10.5. The number of nitrogens with one attached hydrogen (secondary N) is 2. The second kappa shape index (κ2) is 7.48. The molecule has 2 atom stereocenters. The fourth-order valence-corrected chi connectivity index (χ4v) is 3.36. The molecule has 142 valence electrons. The normalized spacial score (nSPS) is 17.8. The van der Waals surface area contributed by atoms with Gasteiger partial charge in [-0.2, -0.15) is 5.10 Å². The van der Waals surface area contributed by atoms with Crippen molar-refractivity contribution in [1.82, 2.24) is 9.78 Å². The van der Waals surface area contributed by atoms with Gasteiger partial charge in [0, 0.05) is 29.9 Å². The third-order valence-electron chi connectivity index (χ3n) is 4.81. The molecule has 2 aromatic carbocycles. The summed E-state index contributed by atoms with van der Waals surface area (Å²) in [6, 6.07) is 13.8. The fraction of sp³-hybridized carbons (Fsp3) is 0.190. The number of rotatable bonds is 5. The molecule has 0 radical (unpaired) electrons. The van der Waals surface area contributed by atoms with Crippen LogP contribution in [0.25, 0.3) is 0 Å². The molecule has 7 heteroatoms. The molecular weight excluding hydrogens is 376 g/mol. The number of anilines is 2. The lowest BCUT2D eigenvalue weighted by Gasteiger charge is -2.11. The molecule has 1 saturated carbocycles. The van der Waals surface area contributed by atoms with Gasteiger partial charge in [-0.25, -0.2) is 0 Å². The van der Waals surface area contributed by atoms with E-state index in [1.807, 2.05) is 13.2 Å². The number of carbonyl (C=O) groups excluding carboxylic acids is 2. The van der Waals surface area contributed by atoms with Gasteiger partial charge in [0.2, 0.25) is 5.91 Å². The Hall–Kier alpha value is -3.12. The molecule has 0 bridgehead atoms. The molecule has 1 fully saturated rings. The highest BCUT2D eigenvalue weighted by Gasteiger charge is 2.44. The van der Waals surface area contributed by atoms with Crippen LogP contribution in [0.1, 0.15) is 28.3 Å². The van der Waals surface area contributed by atoms with Crippen LogP contribution in [0, 0.1) is 5.92 Å². The summed E-state index contributed by atoms with van der Waals surface area (Å²) in [5.74, 6) is -0.293. The first-order chi connectivity index (χ1) is 13.5. The summed E-state index contributed by atoms with van der Waals surface area (Å²) in [4.78, 5) is 25.3. The highest BCUT2D eigenvalue weighted by molar-refractivity contribution is 6.30. The summed E-state index contributed by atoms with van der Waals surface area (Å²) >= 11 is 5.88. The second-order valence-electron chi connectivity index (χ2n) is 6.89. The van der Waals surface area contributed by atoms with Crippen molar-refractivity contribution in [1.29, 1.82) is 0 Å². The predicted molar refractivity (Wildman–Crippen MR) is 109 cm³/mol. The van der Waals surface area contributed by atoms with Crippen LogP contribution in [-0.4, -0.2) is 21.6 Å². The molecule has 1 aliphatic carbocycles. The molecule has 4 rings (SSSR count). The molecule has 0 aliphatic heterocycles. The van der Waals surface area contributed by atoms with Crippen LogP contribution in [0.4, 0.5) is 11.4 Å². The van der Waals surface area contributed by atoms with Crippen LogP contribution in [-0.2, 0) is 11.8 Å². The SMILES string of the molecule is Cn1cc(C2CC2C(=O)Nc2ccccc2C(=O)Nc2ccc(Cl)cc2)cn1. The van der Waals surface area contributed by atoms with Crippen LogP contribution in [0.3, 0.4) is 0 Å². The average Bonchev–Trinajstić information content (AvgIpc) is 3.38. The summed E-state index contributed by atoms with van der Waals surface area (Å²) < 4.78 is 1.74. The van der Waals surface area contributed by atoms with Crippen molar-refractivity contribution in [3.63, 3.8) is 0 Å². The topological polar surface area (TPSA) is 76.0 Å². The maximum absolute atomic E-state index is 12.7. The van der Waals surface area contributed by atoms with Crippen molar-refractivity contribution < 1.29 is 9.59 Å². The molecule has 28 heavy (non-hydrogen) atoms. The van der Waals surface area contributed by atoms with E-state index in [0.717, 1.165) is 12.0 Å². The molecule has 2 amide bonds. The largest absolute Gasteiger partial charge is 0.325 e. The van der Waals surface area contributed by atoms with Gasteiger partial charge >= 0.3 is 0 Å². The smallest absolute Gasteiger partial charge is 0.257 e. The molecule has 1 heterocycles. The number of carbonyl (C=O) groups is 2. The Morgan fingerprint density at radius 3 is 2.57 bits per heavy atom. The van der Waals surface area contributed by atoms with Gasteiger partial charge < -0.3 is 10.6 Å². The minimum atomic E-state index is -0.294. The predicted octanol–water partition coefficient (Wildman–Crippen LogP) is 4.07. The van der Waals surface area contributed by atoms with Gasteiger partial charge in [0.15, 0.2) is 0 Å². The van der Waals surface area contributed by atoms with Gasteiger partial charge in [-0.15, -0.1) is 0 Å². The summed E-state index contributed by atoms with van der Waals surface area (Å²) in [6.45, 7) is 0. The van der Waals surface area contributed by atoms with Gasteiger partial charge in [0.25, 0.3) is 5.91 Å². The summed E-state index contributed by atoms with van der Waals surface area (Å²) in [5.41, 5.74) is 2.60. The Kier molecular flexibility index (Phi) is 4.88. The van der Waals surface area contributed by atoms with Crippen LogP contribution >= 0.6 is 11.6 Å². The molecule has 6 nitrogen and oxygen atoms in total. The average molecular weight is 395 g/mol. The third-order valence-corrected chi connectivity index (χ3v) is 5.06. The number of hydrogen-bond donors (Lipinski definition) is 2. The first-order valence-electron chi connectivity index (χ1n) is 8.96. The van der Waals surface area contributed by atoms with Crippen molar-refractivity contribution in [3.8, 4) is 0 Å². The molecule has 0 saturated heterocycles. The zero-order chi connectivity index (χ0) is 19.7. The Balaban J connectivity index is 1.45. The minimum absolute atomic E-state index is 0.0828. The molecular formula is C21H19ClN4O2. The van der Waals surface area contributed by atoms with E-state index in [-0.39, 0.29) is 23.7 Å².